The van der Waals surface area contributed by atoms with Crippen molar-refractivity contribution in [2.75, 3.05) is 0 Å². The Hall–Kier alpha value is -0.0600. The molecule has 0 heterocycles. The summed E-state index contributed by atoms with van der Waals surface area (Å²) in [6.45, 7) is 4.66. The van der Waals surface area contributed by atoms with Gasteiger partial charge in [-0.15, -0.1) is 0 Å². The number of carbonyl (C=O) groups is 2. The number of carboxylic acid groups (broad SMARTS) is 2. The average Bonchev–Trinajstić information content (AvgIpc) is 2.26. The average molecular weight is 282 g/mol. The standard InChI is InChI=1S/C11H23.C3H4O4.Na/c1-3-5-7-9-11-10-8-6-4-2;4-2(5)1-3(6)7;/h3H,4-11H2,1-2H3;1H2,(H,4,5)(H,6,7);. The second-order valence-electron chi connectivity index (χ2n) is 5.27. The van der Waals surface area contributed by atoms with Gasteiger partial charge in [-0.05, 0) is 0 Å². The van der Waals surface area contributed by atoms with E-state index in [4.69, 9.17) is 10.2 Å². The van der Waals surface area contributed by atoms with Crippen LogP contribution in [0.15, 0.2) is 0 Å². The van der Waals surface area contributed by atoms with Crippen LogP contribution in [0.4, 0.5) is 0 Å². The summed E-state index contributed by atoms with van der Waals surface area (Å²) in [5.74, 6) is -2.62. The minimum Gasteiger partial charge on any atom is -0.481 e. The summed E-state index contributed by atoms with van der Waals surface area (Å²) >= 11 is 1.39. The third-order valence-electron chi connectivity index (χ3n) is 2.69. The van der Waals surface area contributed by atoms with Crippen molar-refractivity contribution in [3.8, 4) is 0 Å². The minimum atomic E-state index is -1.31. The van der Waals surface area contributed by atoms with Gasteiger partial charge >= 0.3 is 108 Å². The first-order valence-corrected chi connectivity index (χ1v) is 8.49. The molecule has 0 spiro atoms. The second-order valence-corrected chi connectivity index (χ2v) is 7.24. The van der Waals surface area contributed by atoms with Crippen molar-refractivity contribution in [1.29, 1.82) is 0 Å². The van der Waals surface area contributed by atoms with E-state index in [2.05, 4.69) is 13.8 Å². The molecule has 108 valence electrons. The fraction of sp³-hybridized carbons (Fsp3) is 0.857. The van der Waals surface area contributed by atoms with Crippen LogP contribution < -0.4 is 0 Å². The van der Waals surface area contributed by atoms with E-state index in [1.54, 1.807) is 0 Å². The minimum absolute atomic E-state index is 0.806. The fourth-order valence-electron chi connectivity index (χ4n) is 1.64. The van der Waals surface area contributed by atoms with Gasteiger partial charge in [0, 0.05) is 0 Å². The van der Waals surface area contributed by atoms with Gasteiger partial charge in [-0.3, -0.25) is 9.59 Å². The zero-order valence-corrected chi connectivity index (χ0v) is 14.7. The number of carboxylic acids is 2. The van der Waals surface area contributed by atoms with E-state index in [0.717, 1.165) is 3.17 Å². The van der Waals surface area contributed by atoms with Crippen LogP contribution in [0.3, 0.4) is 0 Å². The second kappa shape index (κ2) is 16.0. The molecule has 0 radical (unpaired) electrons. The Morgan fingerprint density at radius 1 is 0.947 bits per heavy atom. The predicted octanol–water partition coefficient (Wildman–Crippen LogP) is 3.65. The Kier molecular flexibility index (Phi) is 17.9. The van der Waals surface area contributed by atoms with Crippen LogP contribution in [-0.4, -0.2) is 50.1 Å². The number of hydrogen-bond donors (Lipinski definition) is 2. The van der Waals surface area contributed by atoms with Crippen LogP contribution in [0.25, 0.3) is 0 Å². The first-order valence-electron chi connectivity index (χ1n) is 7.33. The SMILES string of the molecule is CCCCCCCCC[CH](C)[Na].O=C(O)CC(=O)O. The van der Waals surface area contributed by atoms with Gasteiger partial charge in [0.15, 0.2) is 0 Å². The Labute approximate surface area is 134 Å². The van der Waals surface area contributed by atoms with Crippen LogP contribution in [0.1, 0.15) is 71.6 Å². The number of unbranched alkanes of at least 4 members (excludes halogenated alkanes) is 6. The van der Waals surface area contributed by atoms with Crippen LogP contribution in [0.2, 0.25) is 3.17 Å². The van der Waals surface area contributed by atoms with Gasteiger partial charge in [0.25, 0.3) is 0 Å². The molecule has 0 bridgehead atoms. The molecule has 0 saturated heterocycles. The Morgan fingerprint density at radius 2 is 1.37 bits per heavy atom. The zero-order valence-electron chi connectivity index (χ0n) is 12.7. The molecule has 0 aromatic rings. The molecule has 0 aliphatic carbocycles. The maximum absolute atomic E-state index is 9.43. The van der Waals surface area contributed by atoms with Crippen molar-refractivity contribution in [1.82, 2.24) is 0 Å². The molecule has 0 amide bonds. The third kappa shape index (κ3) is 27.2. The number of hydrogen-bond acceptors (Lipinski definition) is 2. The molecule has 5 heteroatoms. The monoisotopic (exact) mass is 282 g/mol. The van der Waals surface area contributed by atoms with Gasteiger partial charge in [-0.2, -0.15) is 0 Å². The maximum atomic E-state index is 9.43. The van der Waals surface area contributed by atoms with Gasteiger partial charge in [0.2, 0.25) is 0 Å². The molecule has 0 rings (SSSR count). The van der Waals surface area contributed by atoms with E-state index in [1.807, 2.05) is 0 Å². The van der Waals surface area contributed by atoms with E-state index < -0.39 is 18.4 Å². The zero-order chi connectivity index (χ0) is 15.1. The Balaban J connectivity index is 0. The van der Waals surface area contributed by atoms with Gasteiger partial charge in [-0.1, -0.05) is 0 Å². The van der Waals surface area contributed by atoms with E-state index in [0.29, 0.717) is 0 Å². The molecular formula is C14H27NaO4. The molecule has 0 fully saturated rings. The summed E-state index contributed by atoms with van der Waals surface area (Å²) < 4.78 is 1.04. The van der Waals surface area contributed by atoms with Crippen LogP contribution >= 0.6 is 0 Å². The molecule has 0 aliphatic heterocycles. The third-order valence-corrected chi connectivity index (χ3v) is 3.26. The molecule has 2 N–H and O–H groups in total. The number of rotatable bonds is 10. The summed E-state index contributed by atoms with van der Waals surface area (Å²) in [4.78, 5) is 18.9. The first-order chi connectivity index (χ1) is 8.90. The van der Waals surface area contributed by atoms with Crippen molar-refractivity contribution in [3.05, 3.63) is 0 Å². The van der Waals surface area contributed by atoms with Gasteiger partial charge in [0.05, 0.1) is 0 Å². The largest absolute Gasteiger partial charge is 0.481 e. The maximum Gasteiger partial charge on any atom is 0.314 e. The molecule has 0 aliphatic rings. The molecule has 1 unspecified atom stereocenters. The molecule has 0 saturated carbocycles. The summed E-state index contributed by atoms with van der Waals surface area (Å²) in [5.41, 5.74) is 0. The number of aliphatic carboxylic acids is 2. The summed E-state index contributed by atoms with van der Waals surface area (Å²) in [6, 6.07) is 0. The molecule has 1 atom stereocenters. The first kappa shape index (κ1) is 21.2. The van der Waals surface area contributed by atoms with Crippen LogP contribution in [0, 0.1) is 0 Å². The molecule has 0 aromatic heterocycles. The summed E-state index contributed by atoms with van der Waals surface area (Å²) in [5, 5.41) is 15.4. The fourth-order valence-corrected chi connectivity index (χ4v) is 2.05. The van der Waals surface area contributed by atoms with Crippen molar-refractivity contribution >= 4 is 39.9 Å². The predicted molar refractivity (Wildman–Crippen MR) is 77.7 cm³/mol. The van der Waals surface area contributed by atoms with E-state index in [1.165, 1.54) is 79.3 Å². The summed E-state index contributed by atoms with van der Waals surface area (Å²) in [7, 11) is 0. The smallest absolute Gasteiger partial charge is 0.314 e. The van der Waals surface area contributed by atoms with Crippen molar-refractivity contribution in [2.45, 2.75) is 74.8 Å². The normalized spacial score (nSPS) is 11.4. The molecule has 4 nitrogen and oxygen atoms in total. The van der Waals surface area contributed by atoms with Gasteiger partial charge < -0.3 is 10.2 Å². The summed E-state index contributed by atoms with van der Waals surface area (Å²) in [6.07, 6.45) is 10.9. The van der Waals surface area contributed by atoms with Crippen LogP contribution in [0.5, 0.6) is 0 Å². The van der Waals surface area contributed by atoms with Gasteiger partial charge in [0.1, 0.15) is 6.42 Å². The van der Waals surface area contributed by atoms with Crippen molar-refractivity contribution < 1.29 is 19.8 Å². The van der Waals surface area contributed by atoms with E-state index in [9.17, 15) is 9.59 Å². The van der Waals surface area contributed by atoms with E-state index in [-0.39, 0.29) is 0 Å². The van der Waals surface area contributed by atoms with Crippen molar-refractivity contribution in [2.24, 2.45) is 0 Å². The molecule has 19 heavy (non-hydrogen) atoms. The van der Waals surface area contributed by atoms with Crippen molar-refractivity contribution in [3.63, 3.8) is 0 Å². The molecule has 0 aromatic carbocycles. The van der Waals surface area contributed by atoms with E-state index >= 15 is 0 Å². The Morgan fingerprint density at radius 3 is 1.68 bits per heavy atom. The quantitative estimate of drug-likeness (QED) is 0.364. The topological polar surface area (TPSA) is 74.6 Å². The Bertz CT molecular complexity index is 217. The van der Waals surface area contributed by atoms with Gasteiger partial charge in [-0.25, -0.2) is 0 Å². The molecular weight excluding hydrogens is 255 g/mol. The van der Waals surface area contributed by atoms with Crippen LogP contribution in [-0.2, 0) is 9.59 Å².